The molecule has 1 amide bonds. The molecule has 0 radical (unpaired) electrons. The van der Waals surface area contributed by atoms with E-state index in [2.05, 4.69) is 17.2 Å². The van der Waals surface area contributed by atoms with Crippen molar-refractivity contribution >= 4 is 23.3 Å². The van der Waals surface area contributed by atoms with Crippen molar-refractivity contribution in [3.05, 3.63) is 66.2 Å². The summed E-state index contributed by atoms with van der Waals surface area (Å²) < 4.78 is 10.6. The van der Waals surface area contributed by atoms with Crippen molar-refractivity contribution in [2.24, 2.45) is 0 Å². The lowest BCUT2D eigenvalue weighted by Gasteiger charge is -2.10. The van der Waals surface area contributed by atoms with E-state index in [-0.39, 0.29) is 18.4 Å². The average Bonchev–Trinajstić information content (AvgIpc) is 2.70. The van der Waals surface area contributed by atoms with Crippen molar-refractivity contribution in [2.75, 3.05) is 30.4 Å². The van der Waals surface area contributed by atoms with E-state index in [9.17, 15) is 9.59 Å². The molecule has 28 heavy (non-hydrogen) atoms. The topological polar surface area (TPSA) is 76.7 Å². The van der Waals surface area contributed by atoms with Crippen LogP contribution >= 0.6 is 0 Å². The predicted molar refractivity (Wildman–Crippen MR) is 111 cm³/mol. The Balaban J connectivity index is 1.79. The number of rotatable bonds is 10. The summed E-state index contributed by atoms with van der Waals surface area (Å²) in [4.78, 5) is 23.9. The number of hydrogen-bond donors (Lipinski definition) is 2. The van der Waals surface area contributed by atoms with Crippen LogP contribution in [0.4, 0.5) is 11.4 Å². The number of carbonyl (C=O) groups excluding carboxylic acids is 2. The molecule has 0 aliphatic rings. The van der Waals surface area contributed by atoms with Crippen LogP contribution in [0, 0.1) is 0 Å². The summed E-state index contributed by atoms with van der Waals surface area (Å²) in [5, 5.41) is 5.83. The van der Waals surface area contributed by atoms with Crippen LogP contribution in [0.25, 0.3) is 0 Å². The van der Waals surface area contributed by atoms with Crippen LogP contribution in [0.5, 0.6) is 5.75 Å². The fourth-order valence-electron chi connectivity index (χ4n) is 2.23. The number of anilines is 2. The maximum absolute atomic E-state index is 12.1. The Bertz CT molecular complexity index is 798. The fourth-order valence-corrected chi connectivity index (χ4v) is 2.23. The number of hydrogen-bond acceptors (Lipinski definition) is 5. The zero-order valence-electron chi connectivity index (χ0n) is 16.3. The molecule has 0 heterocycles. The minimum Gasteiger partial charge on any atom is -0.489 e. The Kier molecular flexibility index (Phi) is 8.09. The monoisotopic (exact) mass is 382 g/mol. The van der Waals surface area contributed by atoms with Gasteiger partial charge in [-0.15, -0.1) is 0 Å². The highest BCUT2D eigenvalue weighted by Crippen LogP contribution is 2.16. The molecule has 6 nitrogen and oxygen atoms in total. The van der Waals surface area contributed by atoms with Crippen LogP contribution in [0.2, 0.25) is 0 Å². The molecule has 0 aromatic heterocycles. The predicted octanol–water partition coefficient (Wildman–Crippen LogP) is 4.26. The summed E-state index contributed by atoms with van der Waals surface area (Å²) >= 11 is 0. The maximum atomic E-state index is 12.1. The van der Waals surface area contributed by atoms with Gasteiger partial charge in [0.15, 0.2) is 0 Å². The van der Waals surface area contributed by atoms with Gasteiger partial charge in [0.05, 0.1) is 18.7 Å². The SMILES string of the molecule is C=C(C)COc1ccc(NC(=O)CNc2ccc(C(=O)OCCC)cc2)cc1. The van der Waals surface area contributed by atoms with Gasteiger partial charge in [0.1, 0.15) is 12.4 Å². The lowest BCUT2D eigenvalue weighted by atomic mass is 10.2. The molecule has 0 aliphatic carbocycles. The minimum absolute atomic E-state index is 0.105. The number of amides is 1. The maximum Gasteiger partial charge on any atom is 0.338 e. The van der Waals surface area contributed by atoms with Crippen LogP contribution in [0.15, 0.2) is 60.7 Å². The second-order valence-electron chi connectivity index (χ2n) is 6.39. The molecule has 0 atom stereocenters. The summed E-state index contributed by atoms with van der Waals surface area (Å²) in [5.74, 6) is 0.195. The molecule has 2 N–H and O–H groups in total. The number of benzene rings is 2. The zero-order valence-corrected chi connectivity index (χ0v) is 16.3. The molecule has 0 fully saturated rings. The van der Waals surface area contributed by atoms with Gasteiger partial charge >= 0.3 is 5.97 Å². The molecule has 148 valence electrons. The molecule has 0 spiro atoms. The normalized spacial score (nSPS) is 10.1. The summed E-state index contributed by atoms with van der Waals surface area (Å²) in [7, 11) is 0. The van der Waals surface area contributed by atoms with E-state index in [4.69, 9.17) is 9.47 Å². The van der Waals surface area contributed by atoms with Crippen molar-refractivity contribution < 1.29 is 19.1 Å². The minimum atomic E-state index is -0.346. The number of esters is 1. The summed E-state index contributed by atoms with van der Waals surface area (Å²) in [5.41, 5.74) is 2.85. The number of nitrogens with one attached hydrogen (secondary N) is 2. The van der Waals surface area contributed by atoms with Crippen LogP contribution in [0.1, 0.15) is 30.6 Å². The standard InChI is InChI=1S/C22H26N2O4/c1-4-13-27-22(26)17-5-7-18(8-6-17)23-14-21(25)24-19-9-11-20(12-10-19)28-15-16(2)3/h5-12,23H,2,4,13-15H2,1,3H3,(H,24,25). The third-order valence-corrected chi connectivity index (χ3v) is 3.63. The third kappa shape index (κ3) is 7.15. The van der Waals surface area contributed by atoms with Crippen molar-refractivity contribution in [3.63, 3.8) is 0 Å². The Morgan fingerprint density at radius 1 is 1.00 bits per heavy atom. The Hall–Kier alpha value is -3.28. The van der Waals surface area contributed by atoms with Gasteiger partial charge in [-0.1, -0.05) is 13.5 Å². The first-order chi connectivity index (χ1) is 13.5. The molecule has 0 bridgehead atoms. The Morgan fingerprint density at radius 3 is 2.25 bits per heavy atom. The fraction of sp³-hybridized carbons (Fsp3) is 0.273. The molecular weight excluding hydrogens is 356 g/mol. The van der Waals surface area contributed by atoms with Gasteiger partial charge in [0.2, 0.25) is 5.91 Å². The van der Waals surface area contributed by atoms with E-state index in [1.54, 1.807) is 48.5 Å². The second kappa shape index (κ2) is 10.8. The van der Waals surface area contributed by atoms with Gasteiger partial charge < -0.3 is 20.1 Å². The van der Waals surface area contributed by atoms with Crippen LogP contribution in [-0.2, 0) is 9.53 Å². The molecule has 0 unspecified atom stereocenters. The molecule has 2 rings (SSSR count). The van der Waals surface area contributed by atoms with E-state index in [1.807, 2.05) is 13.8 Å². The van der Waals surface area contributed by atoms with Gasteiger partial charge in [-0.05, 0) is 67.4 Å². The first kappa shape index (κ1) is 21.0. The first-order valence-corrected chi connectivity index (χ1v) is 9.16. The molecule has 0 saturated carbocycles. The molecule has 0 aliphatic heterocycles. The highest BCUT2D eigenvalue weighted by atomic mass is 16.5. The van der Waals surface area contributed by atoms with Crippen LogP contribution in [-0.4, -0.2) is 31.6 Å². The average molecular weight is 382 g/mol. The van der Waals surface area contributed by atoms with E-state index >= 15 is 0 Å². The van der Waals surface area contributed by atoms with E-state index in [0.717, 1.165) is 23.4 Å². The summed E-state index contributed by atoms with van der Waals surface area (Å²) in [6.07, 6.45) is 0.782. The molecule has 0 saturated heterocycles. The lowest BCUT2D eigenvalue weighted by molar-refractivity contribution is -0.114. The number of ether oxygens (including phenoxy) is 2. The highest BCUT2D eigenvalue weighted by Gasteiger charge is 2.07. The van der Waals surface area contributed by atoms with E-state index < -0.39 is 0 Å². The van der Waals surface area contributed by atoms with Gasteiger partial charge in [0.25, 0.3) is 0 Å². The quantitative estimate of drug-likeness (QED) is 0.474. The van der Waals surface area contributed by atoms with Crippen molar-refractivity contribution in [2.45, 2.75) is 20.3 Å². The summed E-state index contributed by atoms with van der Waals surface area (Å²) in [6.45, 7) is 8.59. The molecule has 2 aromatic carbocycles. The third-order valence-electron chi connectivity index (χ3n) is 3.63. The van der Waals surface area contributed by atoms with E-state index in [1.165, 1.54) is 0 Å². The van der Waals surface area contributed by atoms with E-state index in [0.29, 0.717) is 24.5 Å². The van der Waals surface area contributed by atoms with Crippen molar-refractivity contribution in [1.82, 2.24) is 0 Å². The molecule has 6 heteroatoms. The van der Waals surface area contributed by atoms with Crippen molar-refractivity contribution in [1.29, 1.82) is 0 Å². The van der Waals surface area contributed by atoms with Gasteiger partial charge in [-0.2, -0.15) is 0 Å². The van der Waals surface area contributed by atoms with Gasteiger partial charge in [0, 0.05) is 11.4 Å². The first-order valence-electron chi connectivity index (χ1n) is 9.16. The smallest absolute Gasteiger partial charge is 0.338 e. The van der Waals surface area contributed by atoms with Crippen molar-refractivity contribution in [3.8, 4) is 5.75 Å². The van der Waals surface area contributed by atoms with Gasteiger partial charge in [-0.3, -0.25) is 4.79 Å². The van der Waals surface area contributed by atoms with Gasteiger partial charge in [-0.25, -0.2) is 4.79 Å². The zero-order chi connectivity index (χ0) is 20.4. The lowest BCUT2D eigenvalue weighted by Crippen LogP contribution is -2.21. The van der Waals surface area contributed by atoms with Crippen LogP contribution < -0.4 is 15.4 Å². The Labute approximate surface area is 165 Å². The largest absolute Gasteiger partial charge is 0.489 e. The highest BCUT2D eigenvalue weighted by molar-refractivity contribution is 5.94. The molecular formula is C22H26N2O4. The Morgan fingerprint density at radius 2 is 1.64 bits per heavy atom. The second-order valence-corrected chi connectivity index (χ2v) is 6.39. The number of carbonyl (C=O) groups is 2. The molecule has 2 aromatic rings. The summed E-state index contributed by atoms with van der Waals surface area (Å²) in [6, 6.07) is 14.0. The van der Waals surface area contributed by atoms with Crippen LogP contribution in [0.3, 0.4) is 0 Å².